The molecule has 4 nitrogen and oxygen atoms in total. The van der Waals surface area contributed by atoms with Gasteiger partial charge in [-0.3, -0.25) is 4.79 Å². The Morgan fingerprint density at radius 2 is 1.86 bits per heavy atom. The second kappa shape index (κ2) is 6.90. The van der Waals surface area contributed by atoms with Crippen LogP contribution < -0.4 is 0 Å². The normalized spacial score (nSPS) is 10.4. The van der Waals surface area contributed by atoms with Crippen molar-refractivity contribution < 1.29 is 14.3 Å². The number of aryl methyl sites for hydroxylation is 2. The number of rotatable bonds is 4. The number of hydrogen-bond donors (Lipinski definition) is 0. The van der Waals surface area contributed by atoms with Crippen molar-refractivity contribution in [3.8, 4) is 0 Å². The summed E-state index contributed by atoms with van der Waals surface area (Å²) in [5.74, 6) is -1.07. The highest BCUT2D eigenvalue weighted by molar-refractivity contribution is 6.34. The molecule has 22 heavy (non-hydrogen) atoms. The van der Waals surface area contributed by atoms with Gasteiger partial charge in [-0.05, 0) is 37.6 Å². The van der Waals surface area contributed by atoms with Gasteiger partial charge in [0.25, 0.3) is 0 Å². The third-order valence-electron chi connectivity index (χ3n) is 3.03. The van der Waals surface area contributed by atoms with E-state index in [0.29, 0.717) is 5.56 Å². The smallest absolute Gasteiger partial charge is 0.359 e. The van der Waals surface area contributed by atoms with Crippen LogP contribution in [-0.2, 0) is 4.74 Å². The standard InChI is InChI=1S/C16H13Cl2NO3/c1-9-3-4-10(2)11(7-9)13(20)8-22-16(21)15-12(17)5-6-14(18)19-15/h3-7H,8H2,1-2H3. The number of Topliss-reactive ketones (excluding diaryl/α,β-unsaturated/α-hetero) is 1. The Kier molecular flexibility index (Phi) is 5.16. The molecule has 0 amide bonds. The summed E-state index contributed by atoms with van der Waals surface area (Å²) in [7, 11) is 0. The molecular weight excluding hydrogens is 325 g/mol. The molecule has 1 aromatic carbocycles. The van der Waals surface area contributed by atoms with Crippen LogP contribution in [0.3, 0.4) is 0 Å². The van der Waals surface area contributed by atoms with Crippen LogP contribution in [0.4, 0.5) is 0 Å². The SMILES string of the molecule is Cc1ccc(C)c(C(=O)COC(=O)c2nc(Cl)ccc2Cl)c1. The van der Waals surface area contributed by atoms with E-state index in [0.717, 1.165) is 11.1 Å². The lowest BCUT2D eigenvalue weighted by Gasteiger charge is -2.08. The monoisotopic (exact) mass is 337 g/mol. The van der Waals surface area contributed by atoms with Gasteiger partial charge in [0.15, 0.2) is 12.3 Å². The topological polar surface area (TPSA) is 56.3 Å². The van der Waals surface area contributed by atoms with Crippen molar-refractivity contribution in [3.05, 3.63) is 62.9 Å². The summed E-state index contributed by atoms with van der Waals surface area (Å²) in [5.41, 5.74) is 2.20. The molecule has 0 spiro atoms. The number of ether oxygens (including phenoxy) is 1. The van der Waals surface area contributed by atoms with E-state index in [2.05, 4.69) is 4.98 Å². The predicted octanol–water partition coefficient (Wildman–Crippen LogP) is 4.04. The van der Waals surface area contributed by atoms with Gasteiger partial charge in [0, 0.05) is 5.56 Å². The van der Waals surface area contributed by atoms with Gasteiger partial charge in [0.2, 0.25) is 5.78 Å². The van der Waals surface area contributed by atoms with Gasteiger partial charge in [0.05, 0.1) is 5.02 Å². The summed E-state index contributed by atoms with van der Waals surface area (Å²) >= 11 is 11.6. The maximum atomic E-state index is 12.1. The number of pyridine rings is 1. The molecule has 0 fully saturated rings. The molecule has 0 saturated heterocycles. The van der Waals surface area contributed by atoms with Gasteiger partial charge < -0.3 is 4.74 Å². The van der Waals surface area contributed by atoms with Crippen LogP contribution in [0.5, 0.6) is 0 Å². The number of carbonyl (C=O) groups excluding carboxylic acids is 2. The molecule has 0 aliphatic rings. The second-order valence-electron chi connectivity index (χ2n) is 4.78. The zero-order valence-electron chi connectivity index (χ0n) is 12.0. The van der Waals surface area contributed by atoms with E-state index in [1.165, 1.54) is 12.1 Å². The third kappa shape index (κ3) is 3.84. The summed E-state index contributed by atoms with van der Waals surface area (Å²) in [5, 5.41) is 0.241. The van der Waals surface area contributed by atoms with Crippen molar-refractivity contribution in [2.75, 3.05) is 6.61 Å². The van der Waals surface area contributed by atoms with Crippen molar-refractivity contribution in [2.45, 2.75) is 13.8 Å². The molecule has 2 aromatic rings. The van der Waals surface area contributed by atoms with E-state index < -0.39 is 5.97 Å². The largest absolute Gasteiger partial charge is 0.453 e. The molecule has 0 bridgehead atoms. The summed E-state index contributed by atoms with van der Waals surface area (Å²) in [6, 6.07) is 8.42. The first-order valence-corrected chi connectivity index (χ1v) is 7.23. The molecule has 0 saturated carbocycles. The van der Waals surface area contributed by atoms with Gasteiger partial charge in [-0.15, -0.1) is 0 Å². The summed E-state index contributed by atoms with van der Waals surface area (Å²) in [6.07, 6.45) is 0. The Balaban J connectivity index is 2.09. The molecule has 2 rings (SSSR count). The van der Waals surface area contributed by atoms with E-state index in [-0.39, 0.29) is 28.3 Å². The zero-order valence-corrected chi connectivity index (χ0v) is 13.5. The Morgan fingerprint density at radius 3 is 2.59 bits per heavy atom. The number of carbonyl (C=O) groups is 2. The van der Waals surface area contributed by atoms with E-state index in [1.807, 2.05) is 26.0 Å². The van der Waals surface area contributed by atoms with E-state index in [9.17, 15) is 9.59 Å². The Morgan fingerprint density at radius 1 is 1.14 bits per heavy atom. The Hall–Kier alpha value is -1.91. The number of esters is 1. The van der Waals surface area contributed by atoms with E-state index >= 15 is 0 Å². The fraction of sp³-hybridized carbons (Fsp3) is 0.188. The molecule has 0 unspecified atom stereocenters. The maximum Gasteiger partial charge on any atom is 0.359 e. The molecule has 0 radical (unpaired) electrons. The number of halogens is 2. The average molecular weight is 338 g/mol. The summed E-state index contributed by atoms with van der Waals surface area (Å²) < 4.78 is 4.98. The Bertz CT molecular complexity index is 681. The van der Waals surface area contributed by atoms with Crippen LogP contribution in [0.15, 0.2) is 30.3 Å². The minimum Gasteiger partial charge on any atom is -0.453 e. The summed E-state index contributed by atoms with van der Waals surface area (Å²) in [4.78, 5) is 27.9. The molecule has 0 aliphatic heterocycles. The van der Waals surface area contributed by atoms with Gasteiger partial charge in [-0.25, -0.2) is 9.78 Å². The molecule has 1 aromatic heterocycles. The van der Waals surface area contributed by atoms with Gasteiger partial charge in [-0.1, -0.05) is 40.9 Å². The number of hydrogen-bond acceptors (Lipinski definition) is 4. The molecule has 114 valence electrons. The second-order valence-corrected chi connectivity index (χ2v) is 5.58. The first-order chi connectivity index (χ1) is 10.4. The number of aromatic nitrogens is 1. The van der Waals surface area contributed by atoms with E-state index in [1.54, 1.807) is 6.07 Å². The highest BCUT2D eigenvalue weighted by atomic mass is 35.5. The fourth-order valence-corrected chi connectivity index (χ4v) is 2.20. The van der Waals surface area contributed by atoms with Crippen LogP contribution in [0.2, 0.25) is 10.2 Å². The fourth-order valence-electron chi connectivity index (χ4n) is 1.87. The van der Waals surface area contributed by atoms with Crippen molar-refractivity contribution in [3.63, 3.8) is 0 Å². The first-order valence-electron chi connectivity index (χ1n) is 6.48. The minimum absolute atomic E-state index is 0.108. The third-order valence-corrected chi connectivity index (χ3v) is 3.55. The lowest BCUT2D eigenvalue weighted by atomic mass is 10.0. The molecular formula is C16H13Cl2NO3. The van der Waals surface area contributed by atoms with Crippen molar-refractivity contribution in [2.24, 2.45) is 0 Å². The summed E-state index contributed by atoms with van der Waals surface area (Å²) in [6.45, 7) is 3.33. The van der Waals surface area contributed by atoms with Gasteiger partial charge >= 0.3 is 5.97 Å². The van der Waals surface area contributed by atoms with Crippen LogP contribution in [0, 0.1) is 13.8 Å². The van der Waals surface area contributed by atoms with Crippen LogP contribution in [-0.4, -0.2) is 23.3 Å². The molecule has 6 heteroatoms. The molecule has 1 heterocycles. The first kappa shape index (κ1) is 16.5. The predicted molar refractivity (Wildman–Crippen MR) is 84.8 cm³/mol. The average Bonchev–Trinajstić information content (AvgIpc) is 2.49. The number of benzene rings is 1. The lowest BCUT2D eigenvalue weighted by Crippen LogP contribution is -2.16. The number of nitrogens with zero attached hydrogens (tertiary/aromatic N) is 1. The van der Waals surface area contributed by atoms with E-state index in [4.69, 9.17) is 27.9 Å². The van der Waals surface area contributed by atoms with Gasteiger partial charge in [-0.2, -0.15) is 0 Å². The van der Waals surface area contributed by atoms with Crippen molar-refractivity contribution in [1.29, 1.82) is 0 Å². The highest BCUT2D eigenvalue weighted by Gasteiger charge is 2.17. The minimum atomic E-state index is -0.786. The zero-order chi connectivity index (χ0) is 16.3. The lowest BCUT2D eigenvalue weighted by molar-refractivity contribution is 0.0469. The van der Waals surface area contributed by atoms with Gasteiger partial charge in [0.1, 0.15) is 5.15 Å². The highest BCUT2D eigenvalue weighted by Crippen LogP contribution is 2.18. The maximum absolute atomic E-state index is 12.1. The van der Waals surface area contributed by atoms with Crippen molar-refractivity contribution >= 4 is 35.0 Å². The molecule has 0 N–H and O–H groups in total. The molecule has 0 atom stereocenters. The Labute approximate surface area is 138 Å². The van der Waals surface area contributed by atoms with Crippen LogP contribution >= 0.6 is 23.2 Å². The molecule has 0 aliphatic carbocycles. The van der Waals surface area contributed by atoms with Crippen LogP contribution in [0.25, 0.3) is 0 Å². The van der Waals surface area contributed by atoms with Crippen LogP contribution in [0.1, 0.15) is 32.0 Å². The quantitative estimate of drug-likeness (QED) is 0.480. The number of ketones is 1. The van der Waals surface area contributed by atoms with Crippen molar-refractivity contribution in [1.82, 2.24) is 4.98 Å².